The molecule has 0 unspecified atom stereocenters. The van der Waals surface area contributed by atoms with Crippen LogP contribution in [0.15, 0.2) is 6.20 Å². The average Bonchev–Trinajstić information content (AvgIpc) is 2.51. The SMILES string of the molecule is CN(C)C(=O)Cn1c[c]c(C(F)(F)F)n1. The van der Waals surface area contributed by atoms with Gasteiger partial charge in [-0.25, -0.2) is 0 Å². The highest BCUT2D eigenvalue weighted by atomic mass is 19.4. The van der Waals surface area contributed by atoms with E-state index in [1.807, 2.05) is 6.07 Å². The van der Waals surface area contributed by atoms with Gasteiger partial charge in [0.05, 0.1) is 0 Å². The van der Waals surface area contributed by atoms with Crippen LogP contribution < -0.4 is 0 Å². The molecule has 0 atom stereocenters. The number of rotatable bonds is 2. The van der Waals surface area contributed by atoms with Gasteiger partial charge in [-0.1, -0.05) is 0 Å². The van der Waals surface area contributed by atoms with Crippen molar-refractivity contribution in [2.24, 2.45) is 0 Å². The fraction of sp³-hybridized carbons (Fsp3) is 0.500. The van der Waals surface area contributed by atoms with Crippen molar-refractivity contribution in [3.8, 4) is 0 Å². The molecule has 1 heterocycles. The van der Waals surface area contributed by atoms with Gasteiger partial charge in [0, 0.05) is 26.4 Å². The molecule has 7 heteroatoms. The van der Waals surface area contributed by atoms with Gasteiger partial charge < -0.3 is 4.90 Å². The first-order valence-corrected chi connectivity index (χ1v) is 4.03. The third-order valence-electron chi connectivity index (χ3n) is 1.64. The standard InChI is InChI=1S/C8H9F3N3O/c1-13(2)7(15)5-14-4-3-6(12-14)8(9,10)11/h4H,5H2,1-2H3. The van der Waals surface area contributed by atoms with Gasteiger partial charge in [0.15, 0.2) is 5.69 Å². The molecule has 0 saturated carbocycles. The third kappa shape index (κ3) is 2.97. The summed E-state index contributed by atoms with van der Waals surface area (Å²) in [6.45, 7) is -0.223. The van der Waals surface area contributed by atoms with Gasteiger partial charge in [0.1, 0.15) is 6.54 Å². The molecule has 15 heavy (non-hydrogen) atoms. The summed E-state index contributed by atoms with van der Waals surface area (Å²) in [5.74, 6) is -0.333. The van der Waals surface area contributed by atoms with E-state index in [0.717, 1.165) is 10.9 Å². The maximum absolute atomic E-state index is 12.1. The predicted molar refractivity (Wildman–Crippen MR) is 44.8 cm³/mol. The van der Waals surface area contributed by atoms with E-state index in [1.165, 1.54) is 19.0 Å². The van der Waals surface area contributed by atoms with Crippen LogP contribution in [0, 0.1) is 6.07 Å². The topological polar surface area (TPSA) is 38.1 Å². The van der Waals surface area contributed by atoms with Crippen molar-refractivity contribution in [1.82, 2.24) is 14.7 Å². The quantitative estimate of drug-likeness (QED) is 0.739. The van der Waals surface area contributed by atoms with E-state index in [1.54, 1.807) is 0 Å². The summed E-state index contributed by atoms with van der Waals surface area (Å²) in [5.41, 5.74) is -1.12. The molecule has 0 aliphatic heterocycles. The number of carbonyl (C=O) groups excluding carboxylic acids is 1. The number of nitrogens with zero attached hydrogens (tertiary/aromatic N) is 3. The van der Waals surface area contributed by atoms with Gasteiger partial charge >= 0.3 is 6.18 Å². The molecular formula is C8H9F3N3O. The Balaban J connectivity index is 2.73. The number of carbonyl (C=O) groups is 1. The minimum absolute atomic E-state index is 0.223. The molecule has 0 spiro atoms. The van der Waals surface area contributed by atoms with Crippen LogP contribution in [0.4, 0.5) is 13.2 Å². The lowest BCUT2D eigenvalue weighted by atomic mass is 10.4. The van der Waals surface area contributed by atoms with Gasteiger partial charge in [-0.05, 0) is 0 Å². The Morgan fingerprint density at radius 1 is 1.60 bits per heavy atom. The lowest BCUT2D eigenvalue weighted by Gasteiger charge is -2.09. The first-order valence-electron chi connectivity index (χ1n) is 4.03. The number of likely N-dealkylation sites (N-methyl/N-ethyl adjacent to an activating group) is 1. The van der Waals surface area contributed by atoms with Crippen LogP contribution in [0.1, 0.15) is 5.69 Å². The summed E-state index contributed by atoms with van der Waals surface area (Å²) < 4.78 is 37.2. The first-order chi connectivity index (χ1) is 6.80. The van der Waals surface area contributed by atoms with Crippen molar-refractivity contribution in [2.75, 3.05) is 14.1 Å². The molecule has 0 saturated heterocycles. The predicted octanol–water partition coefficient (Wildman–Crippen LogP) is 0.790. The molecule has 0 N–H and O–H groups in total. The zero-order chi connectivity index (χ0) is 11.6. The number of hydrogen-bond donors (Lipinski definition) is 0. The van der Waals surface area contributed by atoms with Crippen LogP contribution in [-0.4, -0.2) is 34.7 Å². The van der Waals surface area contributed by atoms with Crippen molar-refractivity contribution >= 4 is 5.91 Å². The lowest BCUT2D eigenvalue weighted by molar-refractivity contribution is -0.142. The van der Waals surface area contributed by atoms with E-state index in [-0.39, 0.29) is 12.5 Å². The second kappa shape index (κ2) is 3.92. The summed E-state index contributed by atoms with van der Waals surface area (Å²) in [6, 6.07) is 1.95. The fourth-order valence-corrected chi connectivity index (χ4v) is 0.821. The van der Waals surface area contributed by atoms with Gasteiger partial charge in [-0.3, -0.25) is 9.48 Å². The van der Waals surface area contributed by atoms with Gasteiger partial charge in [0.2, 0.25) is 5.91 Å². The van der Waals surface area contributed by atoms with E-state index < -0.39 is 11.9 Å². The minimum Gasteiger partial charge on any atom is -0.347 e. The van der Waals surface area contributed by atoms with Crippen LogP contribution in [-0.2, 0) is 17.5 Å². The number of amides is 1. The third-order valence-corrected chi connectivity index (χ3v) is 1.64. The molecule has 0 bridgehead atoms. The zero-order valence-electron chi connectivity index (χ0n) is 8.17. The summed E-state index contributed by atoms with van der Waals surface area (Å²) in [7, 11) is 3.03. The van der Waals surface area contributed by atoms with Crippen molar-refractivity contribution < 1.29 is 18.0 Å². The molecule has 1 aromatic heterocycles. The second-order valence-corrected chi connectivity index (χ2v) is 3.11. The maximum atomic E-state index is 12.1. The zero-order valence-corrected chi connectivity index (χ0v) is 8.17. The van der Waals surface area contributed by atoms with Crippen LogP contribution in [0.2, 0.25) is 0 Å². The number of hydrogen-bond acceptors (Lipinski definition) is 2. The Morgan fingerprint density at radius 2 is 2.20 bits per heavy atom. The van der Waals surface area contributed by atoms with Crippen LogP contribution in [0.5, 0.6) is 0 Å². The smallest absolute Gasteiger partial charge is 0.347 e. The Bertz CT molecular complexity index is 356. The molecule has 83 valence electrons. The van der Waals surface area contributed by atoms with Crippen molar-refractivity contribution in [1.29, 1.82) is 0 Å². The van der Waals surface area contributed by atoms with E-state index in [9.17, 15) is 18.0 Å². The summed E-state index contributed by atoms with van der Waals surface area (Å²) >= 11 is 0. The molecule has 1 radical (unpaired) electrons. The number of alkyl halides is 3. The lowest BCUT2D eigenvalue weighted by Crippen LogP contribution is -2.26. The normalized spacial score (nSPS) is 11.5. The van der Waals surface area contributed by atoms with Crippen molar-refractivity contribution in [3.63, 3.8) is 0 Å². The second-order valence-electron chi connectivity index (χ2n) is 3.11. The monoisotopic (exact) mass is 220 g/mol. The highest BCUT2D eigenvalue weighted by molar-refractivity contribution is 5.75. The minimum atomic E-state index is -4.52. The Labute approximate surface area is 84.3 Å². The molecule has 0 fully saturated rings. The van der Waals surface area contributed by atoms with Gasteiger partial charge in [-0.15, -0.1) is 0 Å². The van der Waals surface area contributed by atoms with E-state index in [2.05, 4.69) is 5.10 Å². The number of halogens is 3. The largest absolute Gasteiger partial charge is 0.435 e. The molecule has 1 amide bonds. The van der Waals surface area contributed by atoms with Crippen LogP contribution in [0.3, 0.4) is 0 Å². The highest BCUT2D eigenvalue weighted by Gasteiger charge is 2.34. The van der Waals surface area contributed by atoms with Gasteiger partial charge in [-0.2, -0.15) is 18.3 Å². The van der Waals surface area contributed by atoms with E-state index >= 15 is 0 Å². The van der Waals surface area contributed by atoms with Crippen LogP contribution >= 0.6 is 0 Å². The Hall–Kier alpha value is -1.53. The molecular weight excluding hydrogens is 211 g/mol. The molecule has 0 aromatic carbocycles. The number of aromatic nitrogens is 2. The molecule has 4 nitrogen and oxygen atoms in total. The first kappa shape index (κ1) is 11.5. The van der Waals surface area contributed by atoms with Crippen LogP contribution in [0.25, 0.3) is 0 Å². The highest BCUT2D eigenvalue weighted by Crippen LogP contribution is 2.26. The molecule has 0 aliphatic rings. The van der Waals surface area contributed by atoms with Gasteiger partial charge in [0.25, 0.3) is 0 Å². The van der Waals surface area contributed by atoms with E-state index in [0.29, 0.717) is 0 Å². The van der Waals surface area contributed by atoms with E-state index in [4.69, 9.17) is 0 Å². The molecule has 0 aliphatic carbocycles. The van der Waals surface area contributed by atoms with Crippen molar-refractivity contribution in [2.45, 2.75) is 12.7 Å². The maximum Gasteiger partial charge on any atom is 0.435 e. The molecule has 1 rings (SSSR count). The molecule has 1 aromatic rings. The fourth-order valence-electron chi connectivity index (χ4n) is 0.821. The van der Waals surface area contributed by atoms with Crippen molar-refractivity contribution in [3.05, 3.63) is 18.0 Å². The summed E-state index contributed by atoms with van der Waals surface area (Å²) in [4.78, 5) is 12.4. The Morgan fingerprint density at radius 3 is 2.60 bits per heavy atom. The summed E-state index contributed by atoms with van der Waals surface area (Å²) in [6.07, 6.45) is -3.52. The Kier molecular flexibility index (Phi) is 3.01. The summed E-state index contributed by atoms with van der Waals surface area (Å²) in [5, 5.41) is 3.19. The average molecular weight is 220 g/mol.